The molecule has 0 unspecified atom stereocenters. The molecular weight excluding hydrogens is 486 g/mol. The van der Waals surface area contributed by atoms with Crippen LogP contribution in [-0.4, -0.2) is 51.2 Å². The predicted octanol–water partition coefficient (Wildman–Crippen LogP) is 3.79. The summed E-state index contributed by atoms with van der Waals surface area (Å²) in [6.07, 6.45) is 0. The summed E-state index contributed by atoms with van der Waals surface area (Å²) in [6, 6.07) is 23.0. The van der Waals surface area contributed by atoms with E-state index in [9.17, 15) is 13.2 Å². The summed E-state index contributed by atoms with van der Waals surface area (Å²) in [6.45, 7) is 6.58. The molecule has 0 bridgehead atoms. The molecule has 37 heavy (non-hydrogen) atoms. The first-order chi connectivity index (χ1) is 17.9. The molecule has 1 fully saturated rings. The zero-order valence-electron chi connectivity index (χ0n) is 20.8. The third-order valence-corrected chi connectivity index (χ3v) is 7.88. The van der Waals surface area contributed by atoms with Gasteiger partial charge in [-0.3, -0.25) is 14.4 Å². The van der Waals surface area contributed by atoms with E-state index in [2.05, 4.69) is 37.7 Å². The normalized spacial score (nSPS) is 17.2. The second kappa shape index (κ2) is 10.8. The Kier molecular flexibility index (Phi) is 7.27. The number of nitrogens with zero attached hydrogens (tertiary/aromatic N) is 1. The number of sulfonamides is 1. The number of fused-ring (bicyclic) bond motifs is 1. The van der Waals surface area contributed by atoms with Crippen LogP contribution in [0.5, 0.6) is 0 Å². The molecule has 2 aliphatic heterocycles. The number of carbonyl (C=O) groups excluding carboxylic acids is 1. The first-order valence-electron chi connectivity index (χ1n) is 12.5. The van der Waals surface area contributed by atoms with Gasteiger partial charge in [-0.2, -0.15) is 0 Å². The number of carbonyl (C=O) groups is 1. The molecule has 4 N–H and O–H groups in total. The van der Waals surface area contributed by atoms with Crippen LogP contribution in [0.3, 0.4) is 0 Å². The zero-order valence-corrected chi connectivity index (χ0v) is 21.6. The molecule has 0 spiro atoms. The number of nitrogens with one attached hydrogen (secondary N) is 4. The maximum absolute atomic E-state index is 13.2. The van der Waals surface area contributed by atoms with Crippen LogP contribution >= 0.6 is 0 Å². The zero-order chi connectivity index (χ0) is 25.8. The topological polar surface area (TPSA) is 103 Å². The van der Waals surface area contributed by atoms with E-state index in [-0.39, 0.29) is 11.7 Å². The lowest BCUT2D eigenvalue weighted by molar-refractivity contribution is -0.110. The smallest absolute Gasteiger partial charge is 0.258 e. The Hall–Kier alpha value is -3.66. The van der Waals surface area contributed by atoms with E-state index in [0.717, 1.165) is 44.0 Å². The van der Waals surface area contributed by atoms with Crippen molar-refractivity contribution in [3.63, 3.8) is 0 Å². The predicted molar refractivity (Wildman–Crippen MR) is 150 cm³/mol. The van der Waals surface area contributed by atoms with Gasteiger partial charge >= 0.3 is 0 Å². The van der Waals surface area contributed by atoms with Gasteiger partial charge in [0.05, 0.1) is 17.0 Å². The first-order valence-corrected chi connectivity index (χ1v) is 14.1. The monoisotopic (exact) mass is 517 g/mol. The molecule has 8 nitrogen and oxygen atoms in total. The van der Waals surface area contributed by atoms with Crippen LogP contribution in [0.15, 0.2) is 72.8 Å². The van der Waals surface area contributed by atoms with Crippen molar-refractivity contribution in [2.75, 3.05) is 47.3 Å². The van der Waals surface area contributed by atoms with Crippen LogP contribution in [-0.2, 0) is 21.4 Å². The van der Waals surface area contributed by atoms with Crippen molar-refractivity contribution in [3.05, 3.63) is 89.5 Å². The maximum atomic E-state index is 13.2. The lowest BCUT2D eigenvalue weighted by Gasteiger charge is -2.27. The van der Waals surface area contributed by atoms with E-state index in [1.165, 1.54) is 5.56 Å². The minimum atomic E-state index is -3.45. The van der Waals surface area contributed by atoms with Gasteiger partial charge in [-0.1, -0.05) is 42.5 Å². The summed E-state index contributed by atoms with van der Waals surface area (Å²) in [5.74, 6) is -0.280. The average molecular weight is 518 g/mol. The number of anilines is 3. The number of hydrogen-bond donors (Lipinski definition) is 4. The average Bonchev–Trinajstić information content (AvgIpc) is 3.24. The molecule has 0 radical (unpaired) electrons. The third kappa shape index (κ3) is 5.85. The first kappa shape index (κ1) is 25.0. The standard InChI is InChI=1S/C28H31N5O3S/c1-2-37(35,36)32-23-12-13-25-24(18-23)26(28(34)31-25)27(21-6-4-3-5-7-21)30-22-10-8-20(9-11-22)19-33-16-14-29-15-17-33/h3-13,18,29-30,32H,2,14-17,19H2,1H3,(H,31,34)/b27-26+. The van der Waals surface area contributed by atoms with Crippen LogP contribution in [0.25, 0.3) is 11.3 Å². The number of hydrogen-bond acceptors (Lipinski definition) is 6. The second-order valence-electron chi connectivity index (χ2n) is 9.18. The molecule has 9 heteroatoms. The molecule has 1 saturated heterocycles. The fraction of sp³-hybridized carbons (Fsp3) is 0.250. The van der Waals surface area contributed by atoms with Crippen molar-refractivity contribution >= 4 is 44.3 Å². The summed E-state index contributed by atoms with van der Waals surface area (Å²) < 4.78 is 26.9. The van der Waals surface area contributed by atoms with Crippen molar-refractivity contribution < 1.29 is 13.2 Å². The third-order valence-electron chi connectivity index (χ3n) is 6.57. The van der Waals surface area contributed by atoms with Crippen molar-refractivity contribution in [1.29, 1.82) is 0 Å². The lowest BCUT2D eigenvalue weighted by atomic mass is 9.99. The van der Waals surface area contributed by atoms with Crippen molar-refractivity contribution in [1.82, 2.24) is 10.2 Å². The van der Waals surface area contributed by atoms with E-state index in [1.807, 2.05) is 42.5 Å². The van der Waals surface area contributed by atoms with Gasteiger partial charge in [0.15, 0.2) is 0 Å². The molecule has 0 aliphatic carbocycles. The van der Waals surface area contributed by atoms with Gasteiger partial charge in [0, 0.05) is 55.3 Å². The largest absolute Gasteiger partial charge is 0.354 e. The Labute approximate surface area is 217 Å². The molecule has 2 aliphatic rings. The van der Waals surface area contributed by atoms with Gasteiger partial charge in [-0.15, -0.1) is 0 Å². The Balaban J connectivity index is 1.49. The second-order valence-corrected chi connectivity index (χ2v) is 11.2. The highest BCUT2D eigenvalue weighted by Crippen LogP contribution is 2.39. The van der Waals surface area contributed by atoms with E-state index in [0.29, 0.717) is 28.2 Å². The Morgan fingerprint density at radius 3 is 2.35 bits per heavy atom. The van der Waals surface area contributed by atoms with E-state index >= 15 is 0 Å². The SMILES string of the molecule is CCS(=O)(=O)Nc1ccc2c(c1)/C(=C(\Nc1ccc(CN3CCNCC3)cc1)c1ccccc1)C(=O)N2. The molecule has 0 atom stereocenters. The quantitative estimate of drug-likeness (QED) is 0.339. The van der Waals surface area contributed by atoms with E-state index in [4.69, 9.17) is 0 Å². The molecule has 192 valence electrons. The fourth-order valence-electron chi connectivity index (χ4n) is 4.58. The summed E-state index contributed by atoms with van der Waals surface area (Å²) in [5.41, 5.74) is 5.76. The summed E-state index contributed by atoms with van der Waals surface area (Å²) in [5, 5.41) is 9.77. The number of benzene rings is 3. The van der Waals surface area contributed by atoms with Gasteiger partial charge in [0.1, 0.15) is 0 Å². The highest BCUT2D eigenvalue weighted by molar-refractivity contribution is 7.92. The van der Waals surface area contributed by atoms with Gasteiger partial charge in [-0.25, -0.2) is 8.42 Å². The molecular formula is C28H31N5O3S. The lowest BCUT2D eigenvalue weighted by Crippen LogP contribution is -2.42. The van der Waals surface area contributed by atoms with Gasteiger partial charge in [-0.05, 0) is 48.4 Å². The molecule has 5 rings (SSSR count). The van der Waals surface area contributed by atoms with Crippen molar-refractivity contribution in [2.24, 2.45) is 0 Å². The Morgan fingerprint density at radius 1 is 0.946 bits per heavy atom. The summed E-state index contributed by atoms with van der Waals surface area (Å²) >= 11 is 0. The van der Waals surface area contributed by atoms with Crippen LogP contribution < -0.4 is 20.7 Å². The number of amides is 1. The van der Waals surface area contributed by atoms with Gasteiger partial charge in [0.25, 0.3) is 5.91 Å². The van der Waals surface area contributed by atoms with E-state index < -0.39 is 10.0 Å². The molecule has 2 heterocycles. The molecule has 1 amide bonds. The van der Waals surface area contributed by atoms with Crippen LogP contribution in [0, 0.1) is 0 Å². The number of piperazine rings is 1. The maximum Gasteiger partial charge on any atom is 0.258 e. The summed E-state index contributed by atoms with van der Waals surface area (Å²) in [4.78, 5) is 15.6. The van der Waals surface area contributed by atoms with Crippen LogP contribution in [0.1, 0.15) is 23.6 Å². The van der Waals surface area contributed by atoms with Gasteiger partial charge in [0.2, 0.25) is 10.0 Å². The highest BCUT2D eigenvalue weighted by atomic mass is 32.2. The van der Waals surface area contributed by atoms with Crippen LogP contribution in [0.4, 0.5) is 17.1 Å². The summed E-state index contributed by atoms with van der Waals surface area (Å²) in [7, 11) is -3.45. The van der Waals surface area contributed by atoms with Crippen molar-refractivity contribution in [2.45, 2.75) is 13.5 Å². The van der Waals surface area contributed by atoms with Gasteiger partial charge < -0.3 is 16.0 Å². The van der Waals surface area contributed by atoms with E-state index in [1.54, 1.807) is 25.1 Å². The molecule has 0 aromatic heterocycles. The Morgan fingerprint density at radius 2 is 1.65 bits per heavy atom. The van der Waals surface area contributed by atoms with Crippen LogP contribution in [0.2, 0.25) is 0 Å². The highest BCUT2D eigenvalue weighted by Gasteiger charge is 2.29. The van der Waals surface area contributed by atoms with Crippen molar-refractivity contribution in [3.8, 4) is 0 Å². The fourth-order valence-corrected chi connectivity index (χ4v) is 5.21. The minimum absolute atomic E-state index is 0.0363. The Bertz CT molecular complexity index is 1410. The number of rotatable bonds is 8. The molecule has 3 aromatic carbocycles. The minimum Gasteiger partial charge on any atom is -0.354 e. The molecule has 3 aromatic rings. The molecule has 0 saturated carbocycles.